The van der Waals surface area contributed by atoms with Crippen LogP contribution in [0.25, 0.3) is 10.9 Å². The lowest BCUT2D eigenvalue weighted by Gasteiger charge is -2.22. The molecular weight excluding hydrogens is 336 g/mol. The molecule has 2 atom stereocenters. The van der Waals surface area contributed by atoms with Crippen molar-refractivity contribution in [3.05, 3.63) is 59.7 Å². The van der Waals surface area contributed by atoms with Gasteiger partial charge in [-0.1, -0.05) is 32.0 Å². The molecule has 1 fully saturated rings. The van der Waals surface area contributed by atoms with Gasteiger partial charge in [0.15, 0.2) is 0 Å². The number of aromatic nitrogens is 3. The number of hydrogen-bond acceptors (Lipinski definition) is 5. The summed E-state index contributed by atoms with van der Waals surface area (Å²) in [7, 11) is 0. The van der Waals surface area contributed by atoms with Gasteiger partial charge in [-0.2, -0.15) is 0 Å². The number of pyridine rings is 1. The normalized spacial score (nSPS) is 20.0. The summed E-state index contributed by atoms with van der Waals surface area (Å²) >= 11 is 0. The highest BCUT2D eigenvalue weighted by atomic mass is 16.3. The lowest BCUT2D eigenvalue weighted by Crippen LogP contribution is -2.24. The number of hydrogen-bond donors (Lipinski definition) is 1. The summed E-state index contributed by atoms with van der Waals surface area (Å²) in [5.74, 6) is 2.26. The zero-order valence-electron chi connectivity index (χ0n) is 16.1. The summed E-state index contributed by atoms with van der Waals surface area (Å²) in [6, 6.07) is 10.3. The van der Waals surface area contributed by atoms with Gasteiger partial charge in [-0.05, 0) is 37.0 Å². The van der Waals surface area contributed by atoms with Crippen LogP contribution in [0.1, 0.15) is 36.7 Å². The molecule has 140 valence electrons. The Labute approximate surface area is 160 Å². The number of aliphatic hydroxyl groups excluding tert-OH is 1. The Morgan fingerprint density at radius 1 is 1.15 bits per heavy atom. The van der Waals surface area contributed by atoms with Crippen molar-refractivity contribution in [3.63, 3.8) is 0 Å². The van der Waals surface area contributed by atoms with E-state index in [-0.39, 0.29) is 12.0 Å². The van der Waals surface area contributed by atoms with Gasteiger partial charge in [-0.15, -0.1) is 0 Å². The van der Waals surface area contributed by atoms with Crippen LogP contribution in [0.15, 0.2) is 42.7 Å². The molecule has 4 rings (SSSR count). The Kier molecular flexibility index (Phi) is 4.79. The zero-order chi connectivity index (χ0) is 19.0. The minimum atomic E-state index is -0.368. The van der Waals surface area contributed by atoms with Crippen LogP contribution in [0.4, 0.5) is 5.82 Å². The molecule has 1 N–H and O–H groups in total. The molecule has 3 heterocycles. The second kappa shape index (κ2) is 7.24. The van der Waals surface area contributed by atoms with Crippen molar-refractivity contribution in [3.8, 4) is 0 Å². The average molecular weight is 362 g/mol. The molecule has 0 spiro atoms. The molecule has 0 amide bonds. The number of aryl methyl sites for hydroxylation is 1. The van der Waals surface area contributed by atoms with E-state index < -0.39 is 0 Å². The Morgan fingerprint density at radius 2 is 1.96 bits per heavy atom. The molecule has 0 unspecified atom stereocenters. The third-order valence-electron chi connectivity index (χ3n) is 5.47. The van der Waals surface area contributed by atoms with Crippen molar-refractivity contribution < 1.29 is 5.11 Å². The summed E-state index contributed by atoms with van der Waals surface area (Å²) in [5.41, 5.74) is 3.39. The van der Waals surface area contributed by atoms with Gasteiger partial charge in [0.05, 0.1) is 11.6 Å². The molecule has 27 heavy (non-hydrogen) atoms. The molecule has 5 heteroatoms. The van der Waals surface area contributed by atoms with Crippen molar-refractivity contribution in [2.75, 3.05) is 18.0 Å². The van der Waals surface area contributed by atoms with Gasteiger partial charge in [0.2, 0.25) is 0 Å². The van der Waals surface area contributed by atoms with E-state index in [2.05, 4.69) is 40.8 Å². The molecule has 1 aromatic carbocycles. The van der Waals surface area contributed by atoms with Crippen LogP contribution in [0, 0.1) is 12.8 Å². The van der Waals surface area contributed by atoms with Crippen LogP contribution in [0.2, 0.25) is 0 Å². The highest BCUT2D eigenvalue weighted by Crippen LogP contribution is 2.31. The fraction of sp³-hybridized carbons (Fsp3) is 0.409. The van der Waals surface area contributed by atoms with Gasteiger partial charge in [-0.3, -0.25) is 4.98 Å². The van der Waals surface area contributed by atoms with E-state index >= 15 is 0 Å². The van der Waals surface area contributed by atoms with Crippen LogP contribution in [0.5, 0.6) is 0 Å². The number of nitrogens with zero attached hydrogens (tertiary/aromatic N) is 4. The van der Waals surface area contributed by atoms with Gasteiger partial charge in [0, 0.05) is 42.4 Å². The summed E-state index contributed by atoms with van der Waals surface area (Å²) < 4.78 is 0. The van der Waals surface area contributed by atoms with Crippen molar-refractivity contribution in [1.82, 2.24) is 15.0 Å². The third kappa shape index (κ3) is 3.52. The second-order valence-electron chi connectivity index (χ2n) is 7.77. The molecule has 1 aliphatic rings. The molecule has 2 aromatic heterocycles. The van der Waals surface area contributed by atoms with Gasteiger partial charge in [0.25, 0.3) is 0 Å². The predicted molar refractivity (Wildman–Crippen MR) is 108 cm³/mol. The molecule has 1 aliphatic heterocycles. The van der Waals surface area contributed by atoms with Gasteiger partial charge < -0.3 is 10.0 Å². The first-order chi connectivity index (χ1) is 13.0. The van der Waals surface area contributed by atoms with Crippen LogP contribution >= 0.6 is 0 Å². The number of benzene rings is 1. The quantitative estimate of drug-likeness (QED) is 0.770. The van der Waals surface area contributed by atoms with E-state index in [4.69, 9.17) is 4.98 Å². The highest BCUT2D eigenvalue weighted by Gasteiger charge is 2.33. The third-order valence-corrected chi connectivity index (χ3v) is 5.47. The number of aliphatic hydroxyl groups is 1. The van der Waals surface area contributed by atoms with E-state index in [1.165, 1.54) is 10.9 Å². The Hall–Kier alpha value is -2.53. The number of rotatable bonds is 4. The van der Waals surface area contributed by atoms with Crippen molar-refractivity contribution in [1.29, 1.82) is 0 Å². The van der Waals surface area contributed by atoms with E-state index in [9.17, 15) is 5.11 Å². The fourth-order valence-corrected chi connectivity index (χ4v) is 3.97. The monoisotopic (exact) mass is 362 g/mol. The topological polar surface area (TPSA) is 62.1 Å². The molecule has 0 radical (unpaired) electrons. The highest BCUT2D eigenvalue weighted by molar-refractivity contribution is 5.81. The summed E-state index contributed by atoms with van der Waals surface area (Å²) in [6.45, 7) is 7.65. The number of anilines is 1. The average Bonchev–Trinajstić information content (AvgIpc) is 3.02. The number of β-amino-alcohol motifs (C(OH)–C–C–N with tert-alkyl or cyclic N) is 1. The molecule has 3 aromatic rings. The fourth-order valence-electron chi connectivity index (χ4n) is 3.97. The minimum Gasteiger partial charge on any atom is -0.391 e. The number of fused-ring (bicyclic) bond motifs is 1. The Balaban J connectivity index is 1.60. The van der Waals surface area contributed by atoms with Crippen LogP contribution < -0.4 is 4.90 Å². The Morgan fingerprint density at radius 3 is 2.78 bits per heavy atom. The summed E-state index contributed by atoms with van der Waals surface area (Å²) in [5, 5.41) is 11.9. The maximum Gasteiger partial charge on any atom is 0.135 e. The van der Waals surface area contributed by atoms with E-state index in [0.29, 0.717) is 12.5 Å². The van der Waals surface area contributed by atoms with E-state index in [1.807, 2.05) is 37.5 Å². The molecule has 1 saturated heterocycles. The van der Waals surface area contributed by atoms with Gasteiger partial charge in [0.1, 0.15) is 11.6 Å². The molecule has 0 bridgehead atoms. The first-order valence-electron chi connectivity index (χ1n) is 9.62. The predicted octanol–water partition coefficient (Wildman–Crippen LogP) is 3.50. The van der Waals surface area contributed by atoms with E-state index in [0.717, 1.165) is 35.7 Å². The molecule has 0 aliphatic carbocycles. The minimum absolute atomic E-state index is 0.172. The summed E-state index contributed by atoms with van der Waals surface area (Å²) in [4.78, 5) is 15.7. The lowest BCUT2D eigenvalue weighted by atomic mass is 9.94. The molecule has 5 nitrogen and oxygen atoms in total. The van der Waals surface area contributed by atoms with Crippen molar-refractivity contribution in [2.24, 2.45) is 5.92 Å². The maximum absolute atomic E-state index is 10.8. The van der Waals surface area contributed by atoms with E-state index in [1.54, 1.807) is 0 Å². The molecule has 0 saturated carbocycles. The first kappa shape index (κ1) is 17.9. The first-order valence-corrected chi connectivity index (χ1v) is 9.62. The smallest absolute Gasteiger partial charge is 0.135 e. The van der Waals surface area contributed by atoms with Gasteiger partial charge >= 0.3 is 0 Å². The zero-order valence-corrected chi connectivity index (χ0v) is 16.1. The lowest BCUT2D eigenvalue weighted by molar-refractivity contribution is 0.148. The maximum atomic E-state index is 10.8. The standard InChI is InChI=1S/C22H26N4O/c1-14(2)19-11-24-15(3)25-22(19)26-12-17(21(27)13-26)10-16-8-9-23-20-7-5-4-6-18(16)20/h4-9,11,14,17,21,27H,10,12-13H2,1-3H3/t17-,21-/m1/s1. The molecular formula is C22H26N4O. The SMILES string of the molecule is Cc1ncc(C(C)C)c(N2C[C@@H](Cc3ccnc4ccccc34)[C@H](O)C2)n1. The van der Waals surface area contributed by atoms with Crippen LogP contribution in [0.3, 0.4) is 0 Å². The van der Waals surface area contributed by atoms with Crippen LogP contribution in [-0.2, 0) is 6.42 Å². The Bertz CT molecular complexity index is 951. The second-order valence-corrected chi connectivity index (χ2v) is 7.77. The largest absolute Gasteiger partial charge is 0.391 e. The summed E-state index contributed by atoms with van der Waals surface area (Å²) in [6.07, 6.45) is 4.26. The number of para-hydroxylation sites is 1. The van der Waals surface area contributed by atoms with Crippen molar-refractivity contribution >= 4 is 16.7 Å². The van der Waals surface area contributed by atoms with Crippen molar-refractivity contribution in [2.45, 2.75) is 39.2 Å². The van der Waals surface area contributed by atoms with Crippen LogP contribution in [-0.4, -0.2) is 39.3 Å². The van der Waals surface area contributed by atoms with Gasteiger partial charge in [-0.25, -0.2) is 9.97 Å².